The van der Waals surface area contributed by atoms with Crippen LogP contribution in [0.2, 0.25) is 0 Å². The number of hydrogen-bond donors (Lipinski definition) is 0. The van der Waals surface area contributed by atoms with Crippen molar-refractivity contribution in [3.05, 3.63) is 70.4 Å². The largest absolute Gasteiger partial charge is 0.486 e. The first-order valence-electron chi connectivity index (χ1n) is 10.9. The molecular weight excluding hydrogens is 468 g/mol. The molecule has 0 bridgehead atoms. The minimum absolute atomic E-state index is 0.0186. The highest BCUT2D eigenvalue weighted by atomic mass is 32.2. The summed E-state index contributed by atoms with van der Waals surface area (Å²) in [4.78, 5) is 16.3. The summed E-state index contributed by atoms with van der Waals surface area (Å²) in [5.41, 5.74) is 2.96. The van der Waals surface area contributed by atoms with E-state index in [9.17, 15) is 4.79 Å². The molecule has 0 N–H and O–H groups in total. The van der Waals surface area contributed by atoms with Crippen molar-refractivity contribution in [2.75, 3.05) is 23.9 Å². The summed E-state index contributed by atoms with van der Waals surface area (Å²) >= 11 is 3.01. The van der Waals surface area contributed by atoms with Crippen LogP contribution in [0.25, 0.3) is 11.4 Å². The molecule has 0 saturated heterocycles. The minimum atomic E-state index is -0.0186. The Morgan fingerprint density at radius 3 is 2.65 bits per heavy atom. The summed E-state index contributed by atoms with van der Waals surface area (Å²) in [6.45, 7) is 3.57. The van der Waals surface area contributed by atoms with E-state index in [1.807, 2.05) is 59.5 Å². The number of carbonyl (C=O) groups is 1. The average molecular weight is 493 g/mol. The van der Waals surface area contributed by atoms with Crippen LogP contribution in [0.1, 0.15) is 10.4 Å². The second kappa shape index (κ2) is 9.90. The van der Waals surface area contributed by atoms with E-state index in [0.717, 1.165) is 22.0 Å². The Hall–Kier alpha value is -3.30. The fraction of sp³-hybridized carbons (Fsp3) is 0.240. The van der Waals surface area contributed by atoms with Gasteiger partial charge in [-0.3, -0.25) is 4.79 Å². The maximum absolute atomic E-state index is 13.4. The second-order valence-corrected chi connectivity index (χ2v) is 9.88. The average Bonchev–Trinajstić information content (AvgIpc) is 3.51. The molecule has 1 aliphatic heterocycles. The van der Waals surface area contributed by atoms with Crippen molar-refractivity contribution < 1.29 is 14.3 Å². The van der Waals surface area contributed by atoms with Crippen molar-refractivity contribution in [1.82, 2.24) is 14.8 Å². The molecule has 3 heterocycles. The lowest BCUT2D eigenvalue weighted by molar-refractivity contribution is -0.116. The number of ether oxygens (including phenoxy) is 2. The highest BCUT2D eigenvalue weighted by Gasteiger charge is 2.22. The van der Waals surface area contributed by atoms with Crippen LogP contribution in [-0.4, -0.2) is 39.6 Å². The zero-order valence-electron chi connectivity index (χ0n) is 18.9. The smallest absolute Gasteiger partial charge is 0.237 e. The van der Waals surface area contributed by atoms with Gasteiger partial charge in [-0.1, -0.05) is 47.7 Å². The third kappa shape index (κ3) is 4.80. The molecule has 0 spiro atoms. The fourth-order valence-corrected chi connectivity index (χ4v) is 5.16. The summed E-state index contributed by atoms with van der Waals surface area (Å²) in [5, 5.41) is 11.4. The molecule has 174 valence electrons. The Labute approximate surface area is 206 Å². The zero-order chi connectivity index (χ0) is 23.5. The maximum Gasteiger partial charge on any atom is 0.237 e. The Bertz CT molecular complexity index is 1290. The first-order valence-corrected chi connectivity index (χ1v) is 12.8. The van der Waals surface area contributed by atoms with Crippen molar-refractivity contribution in [2.45, 2.75) is 18.6 Å². The topological polar surface area (TPSA) is 69.5 Å². The summed E-state index contributed by atoms with van der Waals surface area (Å²) in [7, 11) is 1.92. The number of fused-ring (bicyclic) bond motifs is 1. The van der Waals surface area contributed by atoms with Crippen LogP contribution >= 0.6 is 23.1 Å². The third-order valence-corrected chi connectivity index (χ3v) is 7.37. The van der Waals surface area contributed by atoms with Gasteiger partial charge in [-0.05, 0) is 30.5 Å². The number of carbonyl (C=O) groups excluding carboxylic acids is 1. The lowest BCUT2D eigenvalue weighted by atomic mass is 10.1. The molecule has 0 unspecified atom stereocenters. The van der Waals surface area contributed by atoms with E-state index in [1.165, 1.54) is 17.3 Å². The number of anilines is 1. The normalized spacial score (nSPS) is 12.5. The van der Waals surface area contributed by atoms with Gasteiger partial charge < -0.3 is 18.9 Å². The van der Waals surface area contributed by atoms with Gasteiger partial charge in [-0.25, -0.2) is 0 Å². The van der Waals surface area contributed by atoms with E-state index < -0.39 is 0 Å². The van der Waals surface area contributed by atoms with Gasteiger partial charge in [0.2, 0.25) is 5.91 Å². The van der Waals surface area contributed by atoms with Crippen LogP contribution in [0, 0.1) is 6.92 Å². The Morgan fingerprint density at radius 2 is 1.88 bits per heavy atom. The predicted molar refractivity (Wildman–Crippen MR) is 135 cm³/mol. The molecule has 2 aromatic carbocycles. The van der Waals surface area contributed by atoms with Crippen molar-refractivity contribution in [3.8, 4) is 22.9 Å². The number of rotatable bonds is 7. The molecule has 0 aliphatic carbocycles. The van der Waals surface area contributed by atoms with Crippen molar-refractivity contribution in [3.63, 3.8) is 0 Å². The lowest BCUT2D eigenvalue weighted by Gasteiger charge is -2.25. The summed E-state index contributed by atoms with van der Waals surface area (Å²) in [6, 6.07) is 17.8. The molecule has 2 aromatic heterocycles. The number of thiophene rings is 1. The SMILES string of the molecule is Cc1ccc(-c2nnc(SCC(=O)N(Cc3cccs3)c3ccc4c(c3)OCCO4)n2C)cc1. The molecule has 1 amide bonds. The number of amides is 1. The van der Waals surface area contributed by atoms with Gasteiger partial charge in [0.25, 0.3) is 0 Å². The van der Waals surface area contributed by atoms with Crippen LogP contribution in [-0.2, 0) is 18.4 Å². The van der Waals surface area contributed by atoms with E-state index >= 15 is 0 Å². The van der Waals surface area contributed by atoms with E-state index in [0.29, 0.717) is 36.4 Å². The molecule has 5 rings (SSSR count). The maximum atomic E-state index is 13.4. The van der Waals surface area contributed by atoms with E-state index in [4.69, 9.17) is 9.47 Å². The van der Waals surface area contributed by atoms with Crippen LogP contribution < -0.4 is 14.4 Å². The number of nitrogens with zero attached hydrogens (tertiary/aromatic N) is 4. The monoisotopic (exact) mass is 492 g/mol. The molecule has 7 nitrogen and oxygen atoms in total. The molecule has 0 atom stereocenters. The van der Waals surface area contributed by atoms with Crippen molar-refractivity contribution in [1.29, 1.82) is 0 Å². The minimum Gasteiger partial charge on any atom is -0.486 e. The van der Waals surface area contributed by atoms with Gasteiger partial charge in [0.05, 0.1) is 12.3 Å². The standard InChI is InChI=1S/C25H24N4O3S2/c1-17-5-7-18(8-6-17)24-26-27-25(28(24)2)34-16-23(30)29(15-20-4-3-13-33-20)19-9-10-21-22(14-19)32-12-11-31-21/h3-10,13-14H,11-12,15-16H2,1-2H3. The highest BCUT2D eigenvalue weighted by Crippen LogP contribution is 2.35. The Kier molecular flexibility index (Phi) is 6.55. The van der Waals surface area contributed by atoms with Crippen LogP contribution in [0.5, 0.6) is 11.5 Å². The van der Waals surface area contributed by atoms with Gasteiger partial charge in [-0.15, -0.1) is 21.5 Å². The number of aromatic nitrogens is 3. The number of aryl methyl sites for hydroxylation is 1. The molecule has 9 heteroatoms. The predicted octanol–water partition coefficient (Wildman–Crippen LogP) is 4.95. The number of thioether (sulfide) groups is 1. The van der Waals surface area contributed by atoms with Crippen molar-refractivity contribution in [2.24, 2.45) is 7.05 Å². The van der Waals surface area contributed by atoms with E-state index in [1.54, 1.807) is 16.2 Å². The molecular formula is C25H24N4O3S2. The van der Waals surface area contributed by atoms with Gasteiger partial charge in [0.1, 0.15) is 13.2 Å². The molecule has 0 fully saturated rings. The van der Waals surface area contributed by atoms with Crippen LogP contribution in [0.15, 0.2) is 65.1 Å². The van der Waals surface area contributed by atoms with Crippen LogP contribution in [0.3, 0.4) is 0 Å². The quantitative estimate of drug-likeness (QED) is 0.340. The molecule has 1 aliphatic rings. The third-order valence-electron chi connectivity index (χ3n) is 5.50. The lowest BCUT2D eigenvalue weighted by Crippen LogP contribution is -2.32. The van der Waals surface area contributed by atoms with Crippen LogP contribution in [0.4, 0.5) is 5.69 Å². The Morgan fingerprint density at radius 1 is 1.09 bits per heavy atom. The zero-order valence-corrected chi connectivity index (χ0v) is 20.6. The molecule has 4 aromatic rings. The Balaban J connectivity index is 1.35. The number of hydrogen-bond acceptors (Lipinski definition) is 7. The molecule has 0 saturated carbocycles. The highest BCUT2D eigenvalue weighted by molar-refractivity contribution is 7.99. The molecule has 0 radical (unpaired) electrons. The second-order valence-electron chi connectivity index (χ2n) is 7.91. The summed E-state index contributed by atoms with van der Waals surface area (Å²) in [5.74, 6) is 2.36. The van der Waals surface area contributed by atoms with Gasteiger partial charge in [-0.2, -0.15) is 0 Å². The number of benzene rings is 2. The van der Waals surface area contributed by atoms with Gasteiger partial charge >= 0.3 is 0 Å². The van der Waals surface area contributed by atoms with Gasteiger partial charge in [0, 0.05) is 29.2 Å². The summed E-state index contributed by atoms with van der Waals surface area (Å²) in [6.07, 6.45) is 0. The van der Waals surface area contributed by atoms with E-state index in [-0.39, 0.29) is 11.7 Å². The summed E-state index contributed by atoms with van der Waals surface area (Å²) < 4.78 is 13.3. The fourth-order valence-electron chi connectivity index (χ4n) is 3.68. The molecule has 34 heavy (non-hydrogen) atoms. The first-order chi connectivity index (χ1) is 16.6. The first kappa shape index (κ1) is 22.5. The van der Waals surface area contributed by atoms with E-state index in [2.05, 4.69) is 29.3 Å². The van der Waals surface area contributed by atoms with Gasteiger partial charge in [0.15, 0.2) is 22.5 Å². The van der Waals surface area contributed by atoms with Crippen molar-refractivity contribution >= 4 is 34.7 Å².